The van der Waals surface area contributed by atoms with E-state index in [1.807, 2.05) is 19.1 Å². The second kappa shape index (κ2) is 6.25. The molecule has 0 aromatic heterocycles. The van der Waals surface area contributed by atoms with Crippen molar-refractivity contribution in [3.8, 4) is 0 Å². The molecule has 3 heteroatoms. The number of hydrogen-bond donors (Lipinski definition) is 0. The number of halogens is 1. The van der Waals surface area contributed by atoms with Crippen LogP contribution in [0.1, 0.15) is 15.9 Å². The maximum atomic E-state index is 11.4. The van der Waals surface area contributed by atoms with Crippen LogP contribution in [-0.4, -0.2) is 18.5 Å². The molecular formula is C12H13ClO2. The molecule has 1 aromatic rings. The summed E-state index contributed by atoms with van der Waals surface area (Å²) in [6.07, 6.45) is 3.46. The van der Waals surface area contributed by atoms with Crippen molar-refractivity contribution in [2.75, 3.05) is 12.5 Å². The van der Waals surface area contributed by atoms with Crippen LogP contribution in [0.25, 0.3) is 0 Å². The first-order chi connectivity index (χ1) is 7.24. The van der Waals surface area contributed by atoms with Crippen molar-refractivity contribution in [2.24, 2.45) is 0 Å². The van der Waals surface area contributed by atoms with Gasteiger partial charge in [-0.2, -0.15) is 0 Å². The molecule has 0 radical (unpaired) electrons. The average molecular weight is 225 g/mol. The van der Waals surface area contributed by atoms with Gasteiger partial charge in [-0.1, -0.05) is 29.8 Å². The van der Waals surface area contributed by atoms with Gasteiger partial charge in [0.25, 0.3) is 0 Å². The molecule has 0 atom stereocenters. The van der Waals surface area contributed by atoms with Crippen molar-refractivity contribution in [3.63, 3.8) is 0 Å². The Balaban J connectivity index is 2.47. The molecular weight excluding hydrogens is 212 g/mol. The van der Waals surface area contributed by atoms with Gasteiger partial charge in [0.2, 0.25) is 0 Å². The molecule has 15 heavy (non-hydrogen) atoms. The third kappa shape index (κ3) is 4.17. The summed E-state index contributed by atoms with van der Waals surface area (Å²) in [7, 11) is 0. The van der Waals surface area contributed by atoms with E-state index in [4.69, 9.17) is 16.3 Å². The van der Waals surface area contributed by atoms with Gasteiger partial charge in [0.1, 0.15) is 6.61 Å². The molecule has 0 fully saturated rings. The molecule has 2 nitrogen and oxygen atoms in total. The Morgan fingerprint density at radius 3 is 2.60 bits per heavy atom. The molecule has 80 valence electrons. The zero-order chi connectivity index (χ0) is 11.1. The fourth-order valence-corrected chi connectivity index (χ4v) is 1.15. The Kier molecular flexibility index (Phi) is 4.91. The van der Waals surface area contributed by atoms with Crippen molar-refractivity contribution < 1.29 is 9.53 Å². The number of benzene rings is 1. The fourth-order valence-electron chi connectivity index (χ4n) is 1.03. The summed E-state index contributed by atoms with van der Waals surface area (Å²) >= 11 is 5.42. The predicted molar refractivity (Wildman–Crippen MR) is 61.3 cm³/mol. The van der Waals surface area contributed by atoms with Crippen molar-refractivity contribution in [2.45, 2.75) is 6.92 Å². The molecule has 0 spiro atoms. The number of ether oxygens (including phenoxy) is 1. The Morgan fingerprint density at radius 1 is 1.33 bits per heavy atom. The Labute approximate surface area is 94.5 Å². The highest BCUT2D eigenvalue weighted by Gasteiger charge is 2.04. The maximum absolute atomic E-state index is 11.4. The Hall–Kier alpha value is -1.28. The standard InChI is InChI=1S/C12H13ClO2/c1-10-4-6-11(7-5-10)12(14)15-9-3-2-8-13/h2-7H,8-9H2,1H3. The largest absolute Gasteiger partial charge is 0.458 e. The lowest BCUT2D eigenvalue weighted by atomic mass is 10.1. The molecule has 0 heterocycles. The topological polar surface area (TPSA) is 26.3 Å². The zero-order valence-electron chi connectivity index (χ0n) is 8.57. The number of carbonyl (C=O) groups excluding carboxylic acids is 1. The predicted octanol–water partition coefficient (Wildman–Crippen LogP) is 2.95. The van der Waals surface area contributed by atoms with Gasteiger partial charge in [-0.25, -0.2) is 4.79 Å². The summed E-state index contributed by atoms with van der Waals surface area (Å²) in [5.41, 5.74) is 1.69. The number of carbonyl (C=O) groups is 1. The quantitative estimate of drug-likeness (QED) is 0.447. The lowest BCUT2D eigenvalue weighted by molar-refractivity contribution is 0.0549. The van der Waals surface area contributed by atoms with Crippen LogP contribution in [0.2, 0.25) is 0 Å². The number of esters is 1. The molecule has 0 amide bonds. The van der Waals surface area contributed by atoms with Crippen molar-refractivity contribution in [1.82, 2.24) is 0 Å². The lowest BCUT2D eigenvalue weighted by Gasteiger charge is -2.01. The Morgan fingerprint density at radius 2 is 2.00 bits per heavy atom. The van der Waals surface area contributed by atoms with Crippen LogP contribution in [0.5, 0.6) is 0 Å². The van der Waals surface area contributed by atoms with E-state index in [9.17, 15) is 4.79 Å². The zero-order valence-corrected chi connectivity index (χ0v) is 9.33. The second-order valence-corrected chi connectivity index (χ2v) is 3.40. The number of aryl methyl sites for hydroxylation is 1. The van der Waals surface area contributed by atoms with Crippen molar-refractivity contribution in [1.29, 1.82) is 0 Å². The van der Waals surface area contributed by atoms with Gasteiger partial charge >= 0.3 is 5.97 Å². The molecule has 0 saturated carbocycles. The number of allylic oxidation sites excluding steroid dienone is 1. The summed E-state index contributed by atoms with van der Waals surface area (Å²) in [5, 5.41) is 0. The molecule has 0 aliphatic carbocycles. The first-order valence-electron chi connectivity index (χ1n) is 4.69. The monoisotopic (exact) mass is 224 g/mol. The number of hydrogen-bond acceptors (Lipinski definition) is 2. The van der Waals surface area contributed by atoms with Gasteiger partial charge in [0.05, 0.1) is 5.56 Å². The van der Waals surface area contributed by atoms with E-state index in [0.29, 0.717) is 11.4 Å². The van der Waals surface area contributed by atoms with Crippen LogP contribution in [-0.2, 0) is 4.74 Å². The molecule has 0 N–H and O–H groups in total. The fraction of sp³-hybridized carbons (Fsp3) is 0.250. The minimum absolute atomic E-state index is 0.263. The second-order valence-electron chi connectivity index (χ2n) is 3.09. The first kappa shape index (κ1) is 11.8. The Bertz CT molecular complexity index is 341. The van der Waals surface area contributed by atoms with Gasteiger partial charge in [0, 0.05) is 5.88 Å². The van der Waals surface area contributed by atoms with Crippen LogP contribution >= 0.6 is 11.6 Å². The molecule has 0 aliphatic rings. The van der Waals surface area contributed by atoms with E-state index in [0.717, 1.165) is 5.56 Å². The third-order valence-electron chi connectivity index (χ3n) is 1.85. The SMILES string of the molecule is Cc1ccc(C(=O)OCC=CCCl)cc1. The highest BCUT2D eigenvalue weighted by molar-refractivity contribution is 6.18. The summed E-state index contributed by atoms with van der Waals surface area (Å²) in [6, 6.07) is 7.27. The van der Waals surface area contributed by atoms with Crippen LogP contribution in [0.4, 0.5) is 0 Å². The normalized spacial score (nSPS) is 10.5. The van der Waals surface area contributed by atoms with Gasteiger partial charge in [-0.05, 0) is 19.1 Å². The maximum Gasteiger partial charge on any atom is 0.338 e. The van der Waals surface area contributed by atoms with E-state index < -0.39 is 0 Å². The highest BCUT2D eigenvalue weighted by Crippen LogP contribution is 2.04. The van der Waals surface area contributed by atoms with Gasteiger partial charge in [-0.3, -0.25) is 0 Å². The molecule has 0 saturated heterocycles. The summed E-state index contributed by atoms with van der Waals surface area (Å²) in [6.45, 7) is 2.23. The van der Waals surface area contributed by atoms with E-state index in [2.05, 4.69) is 0 Å². The van der Waals surface area contributed by atoms with Crippen LogP contribution in [0.15, 0.2) is 36.4 Å². The summed E-state index contributed by atoms with van der Waals surface area (Å²) in [4.78, 5) is 11.4. The molecule has 0 bridgehead atoms. The van der Waals surface area contributed by atoms with E-state index in [1.165, 1.54) is 0 Å². The summed E-state index contributed by atoms with van der Waals surface area (Å²) in [5.74, 6) is 0.122. The van der Waals surface area contributed by atoms with Gasteiger partial charge in [-0.15, -0.1) is 11.6 Å². The van der Waals surface area contributed by atoms with E-state index in [1.54, 1.807) is 24.3 Å². The number of alkyl halides is 1. The van der Waals surface area contributed by atoms with Crippen LogP contribution < -0.4 is 0 Å². The number of rotatable bonds is 4. The smallest absolute Gasteiger partial charge is 0.338 e. The minimum atomic E-state index is -0.311. The molecule has 0 aliphatic heterocycles. The van der Waals surface area contributed by atoms with Crippen molar-refractivity contribution >= 4 is 17.6 Å². The van der Waals surface area contributed by atoms with Crippen LogP contribution in [0, 0.1) is 6.92 Å². The van der Waals surface area contributed by atoms with E-state index >= 15 is 0 Å². The average Bonchev–Trinajstić information content (AvgIpc) is 2.25. The molecule has 1 aromatic carbocycles. The highest BCUT2D eigenvalue weighted by atomic mass is 35.5. The van der Waals surface area contributed by atoms with E-state index in [-0.39, 0.29) is 12.6 Å². The first-order valence-corrected chi connectivity index (χ1v) is 5.22. The third-order valence-corrected chi connectivity index (χ3v) is 2.03. The van der Waals surface area contributed by atoms with Crippen molar-refractivity contribution in [3.05, 3.63) is 47.5 Å². The van der Waals surface area contributed by atoms with Gasteiger partial charge in [0.15, 0.2) is 0 Å². The summed E-state index contributed by atoms with van der Waals surface area (Å²) < 4.78 is 4.99. The lowest BCUT2D eigenvalue weighted by Crippen LogP contribution is -2.04. The molecule has 0 unspecified atom stereocenters. The van der Waals surface area contributed by atoms with Crippen LogP contribution in [0.3, 0.4) is 0 Å². The van der Waals surface area contributed by atoms with Gasteiger partial charge < -0.3 is 4.74 Å². The minimum Gasteiger partial charge on any atom is -0.458 e. The molecule has 1 rings (SSSR count).